The van der Waals surface area contributed by atoms with Gasteiger partial charge in [-0.25, -0.2) is 4.98 Å². The molecule has 1 saturated heterocycles. The highest BCUT2D eigenvalue weighted by molar-refractivity contribution is 6.06. The standard InChI is InChI=1S/C39H38N8O3/c1-24-19-32-28(22-40)7-8-29(38(32)50-24)23-49-37-6-4-5-33(44-37)26-13-16-47(17-14-26)18-15-42-35-12-10-30(21-36(35)41-3)43-39(48)27-9-11-34-31(20-27)25(2)45-46-34/h4-12,19-21,26,42H,3,13-18,23H2,1-2H3,(H,43,48)(H,45,46). The number of nitrogens with zero attached hydrogens (tertiary/aromatic N) is 5. The predicted molar refractivity (Wildman–Crippen MR) is 196 cm³/mol. The van der Waals surface area contributed by atoms with Crippen molar-refractivity contribution >= 4 is 51.6 Å². The third-order valence-electron chi connectivity index (χ3n) is 9.31. The van der Waals surface area contributed by atoms with Crippen molar-refractivity contribution in [2.75, 3.05) is 36.8 Å². The van der Waals surface area contributed by atoms with Crippen molar-refractivity contribution in [3.63, 3.8) is 0 Å². The summed E-state index contributed by atoms with van der Waals surface area (Å²) in [4.78, 5) is 24.5. The van der Waals surface area contributed by atoms with E-state index in [4.69, 9.17) is 14.1 Å². The summed E-state index contributed by atoms with van der Waals surface area (Å²) in [6.07, 6.45) is 2.03. The van der Waals surface area contributed by atoms with E-state index in [9.17, 15) is 10.1 Å². The van der Waals surface area contributed by atoms with Gasteiger partial charge in [-0.1, -0.05) is 12.1 Å². The average Bonchev–Trinajstić information content (AvgIpc) is 3.73. The number of hydrogen-bond acceptors (Lipinski definition) is 9. The number of nitriles is 1. The molecule has 50 heavy (non-hydrogen) atoms. The van der Waals surface area contributed by atoms with Crippen LogP contribution >= 0.6 is 0 Å². The van der Waals surface area contributed by atoms with Gasteiger partial charge in [0.1, 0.15) is 18.0 Å². The number of aromatic amines is 1. The average molecular weight is 667 g/mol. The molecule has 11 heteroatoms. The molecule has 1 fully saturated rings. The van der Waals surface area contributed by atoms with Gasteiger partial charge in [-0.2, -0.15) is 10.4 Å². The van der Waals surface area contributed by atoms with E-state index >= 15 is 0 Å². The molecule has 4 heterocycles. The molecule has 7 rings (SSSR count). The number of aliphatic imine (C=N–C) groups is 1. The Labute approximate surface area is 290 Å². The minimum absolute atomic E-state index is 0.199. The zero-order valence-corrected chi connectivity index (χ0v) is 28.1. The molecule has 0 aliphatic carbocycles. The number of fused-ring (bicyclic) bond motifs is 2. The first-order chi connectivity index (χ1) is 24.4. The maximum Gasteiger partial charge on any atom is 0.255 e. The van der Waals surface area contributed by atoms with Gasteiger partial charge in [0.05, 0.1) is 28.5 Å². The Bertz CT molecular complexity index is 2240. The molecule has 3 aromatic carbocycles. The van der Waals surface area contributed by atoms with Crippen LogP contribution in [-0.4, -0.2) is 58.9 Å². The van der Waals surface area contributed by atoms with Gasteiger partial charge in [0.15, 0.2) is 0 Å². The van der Waals surface area contributed by atoms with Gasteiger partial charge in [0.25, 0.3) is 5.91 Å². The number of pyridine rings is 1. The zero-order chi connectivity index (χ0) is 34.6. The Balaban J connectivity index is 0.889. The SMILES string of the molecule is C=Nc1cc(NC(=O)c2ccc3n[nH]c(C)c3c2)ccc1NCCN1CCC(c2cccc(OCc3ccc(C#N)c4cc(C)oc34)n2)CC1. The van der Waals surface area contributed by atoms with E-state index in [-0.39, 0.29) is 5.91 Å². The van der Waals surface area contributed by atoms with Crippen LogP contribution in [0.3, 0.4) is 0 Å². The van der Waals surface area contributed by atoms with Crippen LogP contribution in [0.2, 0.25) is 0 Å². The Kier molecular flexibility index (Phi) is 9.27. The van der Waals surface area contributed by atoms with Crippen LogP contribution in [0.4, 0.5) is 17.1 Å². The number of ether oxygens (including phenoxy) is 1. The van der Waals surface area contributed by atoms with Crippen LogP contribution in [-0.2, 0) is 6.61 Å². The minimum Gasteiger partial charge on any atom is -0.473 e. The van der Waals surface area contributed by atoms with E-state index in [0.29, 0.717) is 46.5 Å². The van der Waals surface area contributed by atoms with Crippen LogP contribution in [0.15, 0.2) is 82.2 Å². The lowest BCUT2D eigenvalue weighted by Gasteiger charge is -2.31. The van der Waals surface area contributed by atoms with Crippen molar-refractivity contribution in [2.24, 2.45) is 4.99 Å². The van der Waals surface area contributed by atoms with Crippen molar-refractivity contribution in [1.29, 1.82) is 5.26 Å². The number of piperidine rings is 1. The Morgan fingerprint density at radius 1 is 1.10 bits per heavy atom. The summed E-state index contributed by atoms with van der Waals surface area (Å²) in [5.74, 6) is 1.51. The summed E-state index contributed by atoms with van der Waals surface area (Å²) in [6.45, 7) is 11.4. The lowest BCUT2D eigenvalue weighted by Crippen LogP contribution is -2.36. The van der Waals surface area contributed by atoms with Gasteiger partial charge in [0.2, 0.25) is 5.88 Å². The molecule has 252 valence electrons. The molecule has 3 aromatic heterocycles. The fourth-order valence-electron chi connectivity index (χ4n) is 6.58. The van der Waals surface area contributed by atoms with Gasteiger partial charge in [-0.15, -0.1) is 0 Å². The fraction of sp³-hybridized carbons (Fsp3) is 0.256. The number of aryl methyl sites for hydroxylation is 2. The first kappa shape index (κ1) is 32.6. The molecular weight excluding hydrogens is 628 g/mol. The van der Waals surface area contributed by atoms with E-state index in [0.717, 1.165) is 83.7 Å². The normalized spacial score (nSPS) is 13.7. The number of likely N-dealkylation sites (tertiary alicyclic amines) is 1. The van der Waals surface area contributed by atoms with Crippen LogP contribution in [0.25, 0.3) is 21.9 Å². The number of benzene rings is 3. The monoisotopic (exact) mass is 666 g/mol. The smallest absolute Gasteiger partial charge is 0.255 e. The largest absolute Gasteiger partial charge is 0.473 e. The molecule has 1 aliphatic heterocycles. The molecule has 0 bridgehead atoms. The number of amides is 1. The van der Waals surface area contributed by atoms with Gasteiger partial charge < -0.3 is 24.7 Å². The second-order valence-electron chi connectivity index (χ2n) is 12.6. The number of carbonyl (C=O) groups excluding carboxylic acids is 1. The topological polar surface area (TPSA) is 144 Å². The maximum atomic E-state index is 13.0. The van der Waals surface area contributed by atoms with Crippen molar-refractivity contribution in [3.05, 3.63) is 107 Å². The fourth-order valence-corrected chi connectivity index (χ4v) is 6.58. The highest BCUT2D eigenvalue weighted by atomic mass is 16.5. The molecule has 1 aliphatic rings. The van der Waals surface area contributed by atoms with Crippen molar-refractivity contribution in [2.45, 2.75) is 39.2 Å². The number of nitrogens with one attached hydrogen (secondary N) is 3. The number of furan rings is 1. The lowest BCUT2D eigenvalue weighted by molar-refractivity contribution is 0.102. The van der Waals surface area contributed by atoms with Crippen molar-refractivity contribution in [1.82, 2.24) is 20.1 Å². The van der Waals surface area contributed by atoms with Gasteiger partial charge in [-0.05, 0) is 101 Å². The van der Waals surface area contributed by atoms with E-state index in [1.165, 1.54) is 0 Å². The first-order valence-corrected chi connectivity index (χ1v) is 16.7. The molecule has 1 amide bonds. The number of H-pyrrole nitrogens is 1. The second-order valence-corrected chi connectivity index (χ2v) is 12.6. The molecule has 0 atom stereocenters. The van der Waals surface area contributed by atoms with E-state index in [1.807, 2.05) is 74.5 Å². The Morgan fingerprint density at radius 3 is 2.78 bits per heavy atom. The van der Waals surface area contributed by atoms with Gasteiger partial charge >= 0.3 is 0 Å². The van der Waals surface area contributed by atoms with Crippen LogP contribution in [0.1, 0.15) is 57.4 Å². The number of carbonyl (C=O) groups is 1. The molecule has 0 saturated carbocycles. The van der Waals surface area contributed by atoms with E-state index in [1.54, 1.807) is 6.07 Å². The summed E-state index contributed by atoms with van der Waals surface area (Å²) in [5.41, 5.74) is 7.72. The predicted octanol–water partition coefficient (Wildman–Crippen LogP) is 7.65. The van der Waals surface area contributed by atoms with Crippen LogP contribution in [0, 0.1) is 25.2 Å². The summed E-state index contributed by atoms with van der Waals surface area (Å²) in [6, 6.07) is 24.9. The van der Waals surface area contributed by atoms with E-state index in [2.05, 4.69) is 49.6 Å². The summed E-state index contributed by atoms with van der Waals surface area (Å²) in [7, 11) is 0. The van der Waals surface area contributed by atoms with E-state index < -0.39 is 0 Å². The van der Waals surface area contributed by atoms with Gasteiger partial charge in [-0.3, -0.25) is 14.9 Å². The lowest BCUT2D eigenvalue weighted by atomic mass is 9.93. The molecule has 0 spiro atoms. The number of hydrogen-bond donors (Lipinski definition) is 3. The Morgan fingerprint density at radius 2 is 1.96 bits per heavy atom. The minimum atomic E-state index is -0.199. The molecule has 11 nitrogen and oxygen atoms in total. The molecule has 0 unspecified atom stereocenters. The number of aromatic nitrogens is 3. The Hall–Kier alpha value is -5.99. The zero-order valence-electron chi connectivity index (χ0n) is 28.1. The van der Waals surface area contributed by atoms with Crippen LogP contribution in [0.5, 0.6) is 5.88 Å². The summed E-state index contributed by atoms with van der Waals surface area (Å²) >= 11 is 0. The quantitative estimate of drug-likeness (QED) is 0.120. The third kappa shape index (κ3) is 6.92. The number of rotatable bonds is 11. The summed E-state index contributed by atoms with van der Waals surface area (Å²) < 4.78 is 12.0. The molecule has 0 radical (unpaired) electrons. The molecular formula is C39H38N8O3. The van der Waals surface area contributed by atoms with Crippen molar-refractivity contribution in [3.8, 4) is 11.9 Å². The third-order valence-corrected chi connectivity index (χ3v) is 9.31. The maximum absolute atomic E-state index is 13.0. The summed E-state index contributed by atoms with van der Waals surface area (Å²) in [5, 5.41) is 24.8. The van der Waals surface area contributed by atoms with Gasteiger partial charge in [0, 0.05) is 64.0 Å². The van der Waals surface area contributed by atoms with Crippen LogP contribution < -0.4 is 15.4 Å². The number of anilines is 2. The molecule has 6 aromatic rings. The van der Waals surface area contributed by atoms with Crippen molar-refractivity contribution < 1.29 is 13.9 Å². The molecule has 3 N–H and O–H groups in total. The highest BCUT2D eigenvalue weighted by Gasteiger charge is 2.22. The first-order valence-electron chi connectivity index (χ1n) is 16.7. The highest BCUT2D eigenvalue weighted by Crippen LogP contribution is 2.31. The second kappa shape index (κ2) is 14.2.